The normalized spacial score (nSPS) is 12.5. The number of hydrogen-bond acceptors (Lipinski definition) is 1. The Labute approximate surface area is 124 Å². The zero-order chi connectivity index (χ0) is 14.0. The lowest BCUT2D eigenvalue weighted by atomic mass is 9.94. The average Bonchev–Trinajstić information content (AvgIpc) is 2.38. The number of hydrogen-bond donors (Lipinski definition) is 1. The van der Waals surface area contributed by atoms with Crippen LogP contribution in [-0.2, 0) is 6.42 Å². The standard InChI is InChI=1S/C16H17Cl2N/c1-10-6-7-11(2)13(8-10)15(19)9-12-4-3-5-14(17)16(12)18/h3-8,15H,9,19H2,1-2H3. The minimum atomic E-state index is -0.0733. The summed E-state index contributed by atoms with van der Waals surface area (Å²) in [6.07, 6.45) is 0.684. The molecule has 0 saturated heterocycles. The van der Waals surface area contributed by atoms with Crippen molar-refractivity contribution in [2.24, 2.45) is 5.73 Å². The van der Waals surface area contributed by atoms with E-state index in [-0.39, 0.29) is 6.04 Å². The van der Waals surface area contributed by atoms with Crippen LogP contribution < -0.4 is 5.73 Å². The fourth-order valence-corrected chi connectivity index (χ4v) is 2.61. The molecule has 0 bridgehead atoms. The third kappa shape index (κ3) is 3.30. The van der Waals surface area contributed by atoms with Crippen molar-refractivity contribution in [3.8, 4) is 0 Å². The lowest BCUT2D eigenvalue weighted by Gasteiger charge is -2.16. The van der Waals surface area contributed by atoms with Crippen LogP contribution in [0.15, 0.2) is 36.4 Å². The van der Waals surface area contributed by atoms with E-state index in [0.29, 0.717) is 16.5 Å². The van der Waals surface area contributed by atoms with Crippen molar-refractivity contribution in [1.29, 1.82) is 0 Å². The Kier molecular flexibility index (Phi) is 4.51. The molecule has 2 N–H and O–H groups in total. The molecule has 0 saturated carbocycles. The number of aryl methyl sites for hydroxylation is 2. The Balaban J connectivity index is 2.28. The SMILES string of the molecule is Cc1ccc(C)c(C(N)Cc2cccc(Cl)c2Cl)c1. The fourth-order valence-electron chi connectivity index (χ4n) is 2.21. The van der Waals surface area contributed by atoms with E-state index < -0.39 is 0 Å². The van der Waals surface area contributed by atoms with E-state index in [4.69, 9.17) is 28.9 Å². The molecule has 1 unspecified atom stereocenters. The van der Waals surface area contributed by atoms with Crippen molar-refractivity contribution in [1.82, 2.24) is 0 Å². The van der Waals surface area contributed by atoms with Crippen LogP contribution in [0.1, 0.15) is 28.3 Å². The Morgan fingerprint density at radius 3 is 2.58 bits per heavy atom. The number of halogens is 2. The lowest BCUT2D eigenvalue weighted by Crippen LogP contribution is -2.15. The van der Waals surface area contributed by atoms with Crippen LogP contribution in [0.25, 0.3) is 0 Å². The highest BCUT2D eigenvalue weighted by Gasteiger charge is 2.13. The van der Waals surface area contributed by atoms with Crippen LogP contribution in [0.3, 0.4) is 0 Å². The summed E-state index contributed by atoms with van der Waals surface area (Å²) < 4.78 is 0. The minimum absolute atomic E-state index is 0.0733. The van der Waals surface area contributed by atoms with E-state index >= 15 is 0 Å². The number of benzene rings is 2. The molecule has 100 valence electrons. The van der Waals surface area contributed by atoms with E-state index in [1.165, 1.54) is 11.1 Å². The van der Waals surface area contributed by atoms with Gasteiger partial charge in [0.2, 0.25) is 0 Å². The van der Waals surface area contributed by atoms with Gasteiger partial charge in [-0.3, -0.25) is 0 Å². The third-order valence-corrected chi connectivity index (χ3v) is 4.16. The predicted octanol–water partition coefficient (Wildman–Crippen LogP) is 4.85. The summed E-state index contributed by atoms with van der Waals surface area (Å²) in [7, 11) is 0. The highest BCUT2D eigenvalue weighted by molar-refractivity contribution is 6.42. The summed E-state index contributed by atoms with van der Waals surface area (Å²) in [5.41, 5.74) is 10.9. The first-order valence-electron chi connectivity index (χ1n) is 6.24. The van der Waals surface area contributed by atoms with Crippen LogP contribution in [0.5, 0.6) is 0 Å². The topological polar surface area (TPSA) is 26.0 Å². The van der Waals surface area contributed by atoms with Gasteiger partial charge in [-0.05, 0) is 43.0 Å². The minimum Gasteiger partial charge on any atom is -0.324 e. The highest BCUT2D eigenvalue weighted by Crippen LogP contribution is 2.29. The number of nitrogens with two attached hydrogens (primary N) is 1. The Morgan fingerprint density at radius 2 is 1.84 bits per heavy atom. The molecule has 2 rings (SSSR count). The Hall–Kier alpha value is -1.02. The van der Waals surface area contributed by atoms with E-state index in [0.717, 1.165) is 11.1 Å². The van der Waals surface area contributed by atoms with Crippen molar-refractivity contribution in [3.63, 3.8) is 0 Å². The molecule has 0 aliphatic rings. The summed E-state index contributed by atoms with van der Waals surface area (Å²) >= 11 is 12.2. The Bertz CT molecular complexity index is 593. The highest BCUT2D eigenvalue weighted by atomic mass is 35.5. The maximum atomic E-state index is 6.31. The van der Waals surface area contributed by atoms with Gasteiger partial charge in [-0.15, -0.1) is 0 Å². The van der Waals surface area contributed by atoms with Gasteiger partial charge >= 0.3 is 0 Å². The fraction of sp³-hybridized carbons (Fsp3) is 0.250. The van der Waals surface area contributed by atoms with E-state index in [1.54, 1.807) is 6.07 Å². The molecular formula is C16H17Cl2N. The van der Waals surface area contributed by atoms with Crippen LogP contribution in [0.4, 0.5) is 0 Å². The molecular weight excluding hydrogens is 277 g/mol. The zero-order valence-electron chi connectivity index (χ0n) is 11.1. The van der Waals surface area contributed by atoms with Gasteiger partial charge in [0.25, 0.3) is 0 Å². The molecule has 1 nitrogen and oxygen atoms in total. The molecule has 0 aromatic heterocycles. The smallest absolute Gasteiger partial charge is 0.0624 e. The van der Waals surface area contributed by atoms with Gasteiger partial charge in [0.1, 0.15) is 0 Å². The largest absolute Gasteiger partial charge is 0.324 e. The van der Waals surface area contributed by atoms with Gasteiger partial charge < -0.3 is 5.73 Å². The summed E-state index contributed by atoms with van der Waals surface area (Å²) in [6.45, 7) is 4.15. The average molecular weight is 294 g/mol. The van der Waals surface area contributed by atoms with Crippen LogP contribution >= 0.6 is 23.2 Å². The summed E-state index contributed by atoms with van der Waals surface area (Å²) in [4.78, 5) is 0. The van der Waals surface area contributed by atoms with Crippen molar-refractivity contribution >= 4 is 23.2 Å². The maximum absolute atomic E-state index is 6.31. The molecule has 0 aliphatic heterocycles. The van der Waals surface area contributed by atoms with Gasteiger partial charge in [0, 0.05) is 6.04 Å². The summed E-state index contributed by atoms with van der Waals surface area (Å²) in [5, 5.41) is 1.18. The van der Waals surface area contributed by atoms with Gasteiger partial charge in [-0.1, -0.05) is 59.1 Å². The molecule has 3 heteroatoms. The van der Waals surface area contributed by atoms with Crippen molar-refractivity contribution in [3.05, 3.63) is 68.7 Å². The second-order valence-corrected chi connectivity index (χ2v) is 5.67. The van der Waals surface area contributed by atoms with Gasteiger partial charge in [0.05, 0.1) is 10.0 Å². The summed E-state index contributed by atoms with van der Waals surface area (Å²) in [6, 6.07) is 11.9. The van der Waals surface area contributed by atoms with Crippen LogP contribution in [-0.4, -0.2) is 0 Å². The van der Waals surface area contributed by atoms with E-state index in [9.17, 15) is 0 Å². The monoisotopic (exact) mass is 293 g/mol. The van der Waals surface area contributed by atoms with Crippen LogP contribution in [0, 0.1) is 13.8 Å². The zero-order valence-corrected chi connectivity index (χ0v) is 12.6. The first-order chi connectivity index (χ1) is 8.99. The molecule has 0 spiro atoms. The summed E-state index contributed by atoms with van der Waals surface area (Å²) in [5.74, 6) is 0. The second kappa shape index (κ2) is 5.96. The number of rotatable bonds is 3. The molecule has 19 heavy (non-hydrogen) atoms. The first kappa shape index (κ1) is 14.4. The van der Waals surface area contributed by atoms with Crippen molar-refractivity contribution < 1.29 is 0 Å². The van der Waals surface area contributed by atoms with Crippen LogP contribution in [0.2, 0.25) is 10.0 Å². The maximum Gasteiger partial charge on any atom is 0.0624 e. The molecule has 0 aliphatic carbocycles. The van der Waals surface area contributed by atoms with E-state index in [2.05, 4.69) is 32.0 Å². The molecule has 1 atom stereocenters. The van der Waals surface area contributed by atoms with Crippen molar-refractivity contribution in [2.75, 3.05) is 0 Å². The molecule has 0 radical (unpaired) electrons. The van der Waals surface area contributed by atoms with Gasteiger partial charge in [-0.25, -0.2) is 0 Å². The van der Waals surface area contributed by atoms with E-state index in [1.807, 2.05) is 12.1 Å². The first-order valence-corrected chi connectivity index (χ1v) is 7.00. The van der Waals surface area contributed by atoms with Gasteiger partial charge in [-0.2, -0.15) is 0 Å². The lowest BCUT2D eigenvalue weighted by molar-refractivity contribution is 0.716. The quantitative estimate of drug-likeness (QED) is 0.860. The van der Waals surface area contributed by atoms with Crippen molar-refractivity contribution in [2.45, 2.75) is 26.3 Å². The molecule has 0 fully saturated rings. The second-order valence-electron chi connectivity index (χ2n) is 4.88. The molecule has 0 heterocycles. The molecule has 2 aromatic carbocycles. The Morgan fingerprint density at radius 1 is 1.11 bits per heavy atom. The molecule has 0 amide bonds. The third-order valence-electron chi connectivity index (χ3n) is 3.31. The predicted molar refractivity (Wildman–Crippen MR) is 83.0 cm³/mol. The van der Waals surface area contributed by atoms with Gasteiger partial charge in [0.15, 0.2) is 0 Å². The molecule has 2 aromatic rings.